The summed E-state index contributed by atoms with van der Waals surface area (Å²) >= 11 is 0. The molecule has 22 heavy (non-hydrogen) atoms. The quantitative estimate of drug-likeness (QED) is 0.800. The summed E-state index contributed by atoms with van der Waals surface area (Å²) in [5, 5.41) is 0. The molecule has 2 atom stereocenters. The summed E-state index contributed by atoms with van der Waals surface area (Å²) in [5.74, 6) is 1.33. The van der Waals surface area contributed by atoms with Gasteiger partial charge < -0.3 is 4.90 Å². The maximum atomic E-state index is 13.0. The first-order valence-electron chi connectivity index (χ1n) is 8.09. The van der Waals surface area contributed by atoms with E-state index < -0.39 is 0 Å². The van der Waals surface area contributed by atoms with Gasteiger partial charge >= 0.3 is 0 Å². The number of rotatable bonds is 2. The molecule has 0 spiro atoms. The first-order chi connectivity index (χ1) is 10.6. The summed E-state index contributed by atoms with van der Waals surface area (Å²) in [4.78, 5) is 15.0. The smallest absolute Gasteiger partial charge is 0.254 e. The maximum absolute atomic E-state index is 13.0. The van der Waals surface area contributed by atoms with E-state index in [2.05, 4.69) is 26.0 Å². The second-order valence-electron chi connectivity index (χ2n) is 6.57. The van der Waals surface area contributed by atoms with Crippen molar-refractivity contribution in [1.29, 1.82) is 0 Å². The summed E-state index contributed by atoms with van der Waals surface area (Å²) in [5.41, 5.74) is 2.94. The molecule has 1 fully saturated rings. The zero-order chi connectivity index (χ0) is 15.5. The van der Waals surface area contributed by atoms with E-state index in [0.717, 1.165) is 29.8 Å². The van der Waals surface area contributed by atoms with E-state index in [1.54, 1.807) is 0 Å². The number of likely N-dealkylation sites (tertiary alicyclic amines) is 1. The second-order valence-corrected chi connectivity index (χ2v) is 6.57. The Labute approximate surface area is 132 Å². The van der Waals surface area contributed by atoms with Crippen molar-refractivity contribution in [3.8, 4) is 11.1 Å². The van der Waals surface area contributed by atoms with Crippen molar-refractivity contribution in [2.24, 2.45) is 11.8 Å². The van der Waals surface area contributed by atoms with Crippen LogP contribution in [0.2, 0.25) is 0 Å². The number of hydrogen-bond donors (Lipinski definition) is 0. The standard InChI is InChI=1S/C20H23NO/c1-15-12-16(2)14-21(13-15)20(22)19-11-7-6-10-18(19)17-8-4-3-5-9-17/h3-11,15-16H,12-14H2,1-2H3. The highest BCUT2D eigenvalue weighted by Gasteiger charge is 2.27. The third-order valence-electron chi connectivity index (χ3n) is 4.40. The fourth-order valence-corrected chi connectivity index (χ4v) is 3.54. The Morgan fingerprint density at radius 1 is 0.909 bits per heavy atom. The van der Waals surface area contributed by atoms with Gasteiger partial charge in [-0.25, -0.2) is 0 Å². The molecule has 1 heterocycles. The van der Waals surface area contributed by atoms with Gasteiger partial charge in [0.05, 0.1) is 0 Å². The molecule has 0 aliphatic carbocycles. The molecule has 2 heteroatoms. The van der Waals surface area contributed by atoms with Crippen molar-refractivity contribution < 1.29 is 4.79 Å². The van der Waals surface area contributed by atoms with Crippen molar-refractivity contribution in [1.82, 2.24) is 4.90 Å². The monoisotopic (exact) mass is 293 g/mol. The Morgan fingerprint density at radius 2 is 1.50 bits per heavy atom. The van der Waals surface area contributed by atoms with Gasteiger partial charge in [-0.05, 0) is 35.4 Å². The third kappa shape index (κ3) is 3.06. The van der Waals surface area contributed by atoms with E-state index in [0.29, 0.717) is 11.8 Å². The first kappa shape index (κ1) is 14.8. The largest absolute Gasteiger partial charge is 0.338 e. The van der Waals surface area contributed by atoms with Gasteiger partial charge in [0.2, 0.25) is 0 Å². The molecule has 0 bridgehead atoms. The third-order valence-corrected chi connectivity index (χ3v) is 4.40. The lowest BCUT2D eigenvalue weighted by Crippen LogP contribution is -2.42. The van der Waals surface area contributed by atoms with Gasteiger partial charge in [-0.15, -0.1) is 0 Å². The molecule has 0 radical (unpaired) electrons. The van der Waals surface area contributed by atoms with Crippen LogP contribution in [0.1, 0.15) is 30.6 Å². The lowest BCUT2D eigenvalue weighted by atomic mass is 9.90. The van der Waals surface area contributed by atoms with Gasteiger partial charge in [-0.1, -0.05) is 62.4 Å². The van der Waals surface area contributed by atoms with Crippen LogP contribution in [0.15, 0.2) is 54.6 Å². The number of amides is 1. The number of nitrogens with zero attached hydrogens (tertiary/aromatic N) is 1. The minimum atomic E-state index is 0.165. The number of carbonyl (C=O) groups is 1. The maximum Gasteiger partial charge on any atom is 0.254 e. The number of benzene rings is 2. The Balaban J connectivity index is 1.93. The predicted octanol–water partition coefficient (Wildman–Crippen LogP) is 4.47. The molecule has 114 valence electrons. The summed E-state index contributed by atoms with van der Waals surface area (Å²) in [6, 6.07) is 18.1. The molecule has 1 saturated heterocycles. The zero-order valence-corrected chi connectivity index (χ0v) is 13.3. The normalized spacial score (nSPS) is 21.6. The van der Waals surface area contributed by atoms with Gasteiger partial charge in [-0.2, -0.15) is 0 Å². The molecule has 2 unspecified atom stereocenters. The molecule has 1 aliphatic rings. The Morgan fingerprint density at radius 3 is 2.18 bits per heavy atom. The van der Waals surface area contributed by atoms with Crippen LogP contribution < -0.4 is 0 Å². The zero-order valence-electron chi connectivity index (χ0n) is 13.3. The summed E-state index contributed by atoms with van der Waals surface area (Å²) in [7, 11) is 0. The summed E-state index contributed by atoms with van der Waals surface area (Å²) < 4.78 is 0. The minimum absolute atomic E-state index is 0.165. The molecule has 2 nitrogen and oxygen atoms in total. The highest BCUT2D eigenvalue weighted by molar-refractivity contribution is 6.00. The van der Waals surface area contributed by atoms with Crippen molar-refractivity contribution in [3.05, 3.63) is 60.2 Å². The molecule has 3 rings (SSSR count). The van der Waals surface area contributed by atoms with Crippen LogP contribution in [-0.2, 0) is 0 Å². The van der Waals surface area contributed by atoms with Crippen molar-refractivity contribution in [2.75, 3.05) is 13.1 Å². The second kappa shape index (κ2) is 6.35. The van der Waals surface area contributed by atoms with E-state index in [9.17, 15) is 4.79 Å². The Bertz CT molecular complexity index is 640. The molecule has 0 aromatic heterocycles. The molecule has 2 aromatic rings. The SMILES string of the molecule is CC1CC(C)CN(C(=O)c2ccccc2-c2ccccc2)C1. The molecular formula is C20H23NO. The van der Waals surface area contributed by atoms with E-state index in [4.69, 9.17) is 0 Å². The molecule has 1 amide bonds. The van der Waals surface area contributed by atoms with Crippen molar-refractivity contribution >= 4 is 5.91 Å². The van der Waals surface area contributed by atoms with Crippen LogP contribution >= 0.6 is 0 Å². The summed E-state index contributed by atoms with van der Waals surface area (Å²) in [6.07, 6.45) is 1.21. The molecule has 1 aliphatic heterocycles. The average Bonchev–Trinajstić information content (AvgIpc) is 2.54. The first-order valence-corrected chi connectivity index (χ1v) is 8.09. The molecule has 2 aromatic carbocycles. The van der Waals surface area contributed by atoms with E-state index in [1.165, 1.54) is 6.42 Å². The topological polar surface area (TPSA) is 20.3 Å². The van der Waals surface area contributed by atoms with Gasteiger partial charge in [0.25, 0.3) is 5.91 Å². The predicted molar refractivity (Wildman–Crippen MR) is 90.7 cm³/mol. The lowest BCUT2D eigenvalue weighted by molar-refractivity contribution is 0.0624. The number of carbonyl (C=O) groups excluding carboxylic acids is 1. The van der Waals surface area contributed by atoms with Crippen LogP contribution in [0.3, 0.4) is 0 Å². The van der Waals surface area contributed by atoms with Gasteiger partial charge in [0.1, 0.15) is 0 Å². The Kier molecular flexibility index (Phi) is 4.28. The van der Waals surface area contributed by atoms with E-state index >= 15 is 0 Å². The van der Waals surface area contributed by atoms with Gasteiger partial charge in [0.15, 0.2) is 0 Å². The van der Waals surface area contributed by atoms with Crippen LogP contribution in [0.5, 0.6) is 0 Å². The average molecular weight is 293 g/mol. The molecular weight excluding hydrogens is 270 g/mol. The van der Waals surface area contributed by atoms with Gasteiger partial charge in [0, 0.05) is 18.7 Å². The highest BCUT2D eigenvalue weighted by atomic mass is 16.2. The van der Waals surface area contributed by atoms with Gasteiger partial charge in [-0.3, -0.25) is 4.79 Å². The van der Waals surface area contributed by atoms with E-state index in [-0.39, 0.29) is 5.91 Å². The molecule has 0 N–H and O–H groups in total. The fourth-order valence-electron chi connectivity index (χ4n) is 3.54. The summed E-state index contributed by atoms with van der Waals surface area (Å²) in [6.45, 7) is 6.21. The highest BCUT2D eigenvalue weighted by Crippen LogP contribution is 2.27. The number of hydrogen-bond acceptors (Lipinski definition) is 1. The van der Waals surface area contributed by atoms with E-state index in [1.807, 2.05) is 47.4 Å². The van der Waals surface area contributed by atoms with Crippen LogP contribution in [0.4, 0.5) is 0 Å². The van der Waals surface area contributed by atoms with Crippen LogP contribution in [-0.4, -0.2) is 23.9 Å². The molecule has 0 saturated carbocycles. The number of piperidine rings is 1. The fraction of sp³-hybridized carbons (Fsp3) is 0.350. The lowest BCUT2D eigenvalue weighted by Gasteiger charge is -2.35. The Hall–Kier alpha value is -2.09. The minimum Gasteiger partial charge on any atom is -0.338 e. The van der Waals surface area contributed by atoms with Crippen LogP contribution in [0, 0.1) is 11.8 Å². The van der Waals surface area contributed by atoms with Crippen molar-refractivity contribution in [3.63, 3.8) is 0 Å². The van der Waals surface area contributed by atoms with Crippen molar-refractivity contribution in [2.45, 2.75) is 20.3 Å². The van der Waals surface area contributed by atoms with Crippen LogP contribution in [0.25, 0.3) is 11.1 Å².